The van der Waals surface area contributed by atoms with E-state index >= 15 is 0 Å². The van der Waals surface area contributed by atoms with Crippen LogP contribution < -0.4 is 0 Å². The second-order valence-electron chi connectivity index (χ2n) is 12.7. The molecule has 4 nitrogen and oxygen atoms in total. The minimum atomic E-state index is 0.596. The van der Waals surface area contributed by atoms with E-state index in [0.29, 0.717) is 17.5 Å². The molecule has 0 saturated heterocycles. The van der Waals surface area contributed by atoms with E-state index < -0.39 is 0 Å². The van der Waals surface area contributed by atoms with E-state index in [1.54, 1.807) is 0 Å². The number of rotatable bonds is 7. The molecule has 0 bridgehead atoms. The number of nitrogens with zero attached hydrogens (tertiary/aromatic N) is 4. The van der Waals surface area contributed by atoms with Gasteiger partial charge in [-0.2, -0.15) is 0 Å². The first-order chi connectivity index (χ1) is 25.7. The maximum absolute atomic E-state index is 5.14. The van der Waals surface area contributed by atoms with Crippen LogP contribution in [-0.2, 0) is 0 Å². The quantitative estimate of drug-likeness (QED) is 0.170. The van der Waals surface area contributed by atoms with Crippen molar-refractivity contribution in [1.29, 1.82) is 0 Å². The normalized spacial score (nSPS) is 11.1. The lowest BCUT2D eigenvalue weighted by Crippen LogP contribution is -2.01. The first-order valence-corrected chi connectivity index (χ1v) is 17.4. The lowest BCUT2D eigenvalue weighted by atomic mass is 9.97. The van der Waals surface area contributed by atoms with Crippen molar-refractivity contribution in [3.8, 4) is 78.8 Å². The molecule has 2 heterocycles. The summed E-state index contributed by atoms with van der Waals surface area (Å²) in [5.41, 5.74) is 12.3. The number of hydrogen-bond acceptors (Lipinski definition) is 4. The summed E-state index contributed by atoms with van der Waals surface area (Å²) in [5, 5.41) is 1.11. The van der Waals surface area contributed by atoms with E-state index in [2.05, 4.69) is 164 Å². The van der Waals surface area contributed by atoms with E-state index in [9.17, 15) is 0 Å². The second kappa shape index (κ2) is 13.7. The van der Waals surface area contributed by atoms with Crippen molar-refractivity contribution < 1.29 is 0 Å². The molecule has 0 unspecified atom stereocenters. The summed E-state index contributed by atoms with van der Waals surface area (Å²) in [4.78, 5) is 20.4. The standard InChI is InChI=1S/C48H32N4/c1-4-12-33(13-5-1)36-20-24-39(25-21-36)46-50-47(40-26-22-37(23-27-40)34-14-6-2-7-15-34)52-48(51-46)43-31-41(35-16-8-3-9-17-35)30-42(32-43)45-29-28-38-18-10-11-19-44(38)49-45/h1-32H. The molecule has 7 aromatic carbocycles. The van der Waals surface area contributed by atoms with Gasteiger partial charge in [-0.15, -0.1) is 0 Å². The second-order valence-corrected chi connectivity index (χ2v) is 12.7. The summed E-state index contributed by atoms with van der Waals surface area (Å²) in [7, 11) is 0. The van der Waals surface area contributed by atoms with Crippen LogP contribution in [0.25, 0.3) is 89.7 Å². The molecule has 0 spiro atoms. The van der Waals surface area contributed by atoms with Crippen molar-refractivity contribution in [3.05, 3.63) is 194 Å². The predicted octanol–water partition coefficient (Wildman–Crippen LogP) is 12.1. The summed E-state index contributed by atoms with van der Waals surface area (Å²) < 4.78 is 0. The van der Waals surface area contributed by atoms with Gasteiger partial charge in [0.05, 0.1) is 11.2 Å². The Hall–Kier alpha value is -7.04. The Balaban J connectivity index is 1.20. The van der Waals surface area contributed by atoms with Crippen LogP contribution in [0.4, 0.5) is 0 Å². The van der Waals surface area contributed by atoms with Crippen molar-refractivity contribution in [2.75, 3.05) is 0 Å². The minimum absolute atomic E-state index is 0.596. The molecule has 4 heteroatoms. The number of benzene rings is 7. The van der Waals surface area contributed by atoms with Gasteiger partial charge in [0.15, 0.2) is 17.5 Å². The minimum Gasteiger partial charge on any atom is -0.248 e. The lowest BCUT2D eigenvalue weighted by Gasteiger charge is -2.13. The molecule has 0 amide bonds. The fourth-order valence-electron chi connectivity index (χ4n) is 6.58. The van der Waals surface area contributed by atoms with Crippen molar-refractivity contribution in [3.63, 3.8) is 0 Å². The third-order valence-corrected chi connectivity index (χ3v) is 9.33. The van der Waals surface area contributed by atoms with Gasteiger partial charge in [-0.25, -0.2) is 19.9 Å². The van der Waals surface area contributed by atoms with Gasteiger partial charge in [-0.1, -0.05) is 164 Å². The van der Waals surface area contributed by atoms with E-state index in [4.69, 9.17) is 19.9 Å². The molecular weight excluding hydrogens is 633 g/mol. The smallest absolute Gasteiger partial charge is 0.164 e. The summed E-state index contributed by atoms with van der Waals surface area (Å²) in [5.74, 6) is 1.82. The number of fused-ring (bicyclic) bond motifs is 1. The van der Waals surface area contributed by atoms with Crippen LogP contribution in [0.2, 0.25) is 0 Å². The van der Waals surface area contributed by atoms with Crippen molar-refractivity contribution >= 4 is 10.9 Å². The molecule has 244 valence electrons. The average molecular weight is 665 g/mol. The predicted molar refractivity (Wildman–Crippen MR) is 213 cm³/mol. The van der Waals surface area contributed by atoms with E-state index in [1.165, 1.54) is 0 Å². The maximum atomic E-state index is 5.14. The number of aromatic nitrogens is 4. The molecule has 0 atom stereocenters. The summed E-state index contributed by atoms with van der Waals surface area (Å²) in [6.45, 7) is 0. The zero-order valence-corrected chi connectivity index (χ0v) is 28.3. The van der Waals surface area contributed by atoms with Crippen LogP contribution in [0.5, 0.6) is 0 Å². The van der Waals surface area contributed by atoms with E-state index in [0.717, 1.165) is 72.2 Å². The van der Waals surface area contributed by atoms with Crippen LogP contribution in [0.3, 0.4) is 0 Å². The first kappa shape index (κ1) is 31.0. The van der Waals surface area contributed by atoms with Crippen molar-refractivity contribution in [1.82, 2.24) is 19.9 Å². The van der Waals surface area contributed by atoms with Crippen molar-refractivity contribution in [2.24, 2.45) is 0 Å². The van der Waals surface area contributed by atoms with Gasteiger partial charge in [0.2, 0.25) is 0 Å². The van der Waals surface area contributed by atoms with Gasteiger partial charge in [0.1, 0.15) is 0 Å². The van der Waals surface area contributed by atoms with Gasteiger partial charge in [-0.05, 0) is 63.7 Å². The zero-order chi connectivity index (χ0) is 34.7. The van der Waals surface area contributed by atoms with E-state index in [1.807, 2.05) is 30.3 Å². The number of para-hydroxylation sites is 1. The Morgan fingerprint density at radius 3 is 1.15 bits per heavy atom. The molecule has 0 aliphatic carbocycles. The molecule has 0 aliphatic rings. The first-order valence-electron chi connectivity index (χ1n) is 17.4. The Bertz CT molecular complexity index is 2540. The van der Waals surface area contributed by atoms with Crippen LogP contribution in [-0.4, -0.2) is 19.9 Å². The van der Waals surface area contributed by atoms with Crippen LogP contribution in [0.1, 0.15) is 0 Å². The average Bonchev–Trinajstić information content (AvgIpc) is 3.24. The van der Waals surface area contributed by atoms with Crippen molar-refractivity contribution in [2.45, 2.75) is 0 Å². The Morgan fingerprint density at radius 1 is 0.231 bits per heavy atom. The molecule has 0 N–H and O–H groups in total. The largest absolute Gasteiger partial charge is 0.248 e. The summed E-state index contributed by atoms with van der Waals surface area (Å²) >= 11 is 0. The zero-order valence-electron chi connectivity index (χ0n) is 28.3. The van der Waals surface area contributed by atoms with Crippen LogP contribution >= 0.6 is 0 Å². The third kappa shape index (κ3) is 6.37. The van der Waals surface area contributed by atoms with Gasteiger partial charge in [-0.3, -0.25) is 0 Å². The summed E-state index contributed by atoms with van der Waals surface area (Å²) in [6, 6.07) is 67.0. The van der Waals surface area contributed by atoms with Crippen LogP contribution in [0, 0.1) is 0 Å². The highest BCUT2D eigenvalue weighted by Gasteiger charge is 2.16. The molecule has 9 aromatic rings. The number of hydrogen-bond donors (Lipinski definition) is 0. The lowest BCUT2D eigenvalue weighted by molar-refractivity contribution is 1.07. The Labute approximate surface area is 302 Å². The summed E-state index contributed by atoms with van der Waals surface area (Å²) in [6.07, 6.45) is 0. The fraction of sp³-hybridized carbons (Fsp3) is 0. The Morgan fingerprint density at radius 2 is 0.615 bits per heavy atom. The topological polar surface area (TPSA) is 51.6 Å². The SMILES string of the molecule is c1ccc(-c2ccc(-c3nc(-c4ccc(-c5ccccc5)cc4)nc(-c4cc(-c5ccccc5)cc(-c5ccc6ccccc6n5)c4)n3)cc2)cc1. The van der Waals surface area contributed by atoms with Crippen LogP contribution in [0.15, 0.2) is 194 Å². The molecule has 52 heavy (non-hydrogen) atoms. The van der Waals surface area contributed by atoms with Gasteiger partial charge in [0.25, 0.3) is 0 Å². The van der Waals surface area contributed by atoms with Gasteiger partial charge in [0, 0.05) is 27.6 Å². The van der Waals surface area contributed by atoms with E-state index in [-0.39, 0.29) is 0 Å². The molecular formula is C48H32N4. The molecule has 0 radical (unpaired) electrons. The molecule has 0 aliphatic heterocycles. The fourth-order valence-corrected chi connectivity index (χ4v) is 6.58. The molecule has 0 saturated carbocycles. The third-order valence-electron chi connectivity index (χ3n) is 9.33. The Kier molecular flexibility index (Phi) is 8.16. The maximum Gasteiger partial charge on any atom is 0.164 e. The number of pyridine rings is 1. The van der Waals surface area contributed by atoms with Gasteiger partial charge < -0.3 is 0 Å². The monoisotopic (exact) mass is 664 g/mol. The van der Waals surface area contributed by atoms with Gasteiger partial charge >= 0.3 is 0 Å². The molecule has 0 fully saturated rings. The highest BCUT2D eigenvalue weighted by Crippen LogP contribution is 2.34. The highest BCUT2D eigenvalue weighted by molar-refractivity contribution is 5.84. The molecule has 9 rings (SSSR count). The molecule has 2 aromatic heterocycles. The highest BCUT2D eigenvalue weighted by atomic mass is 15.0.